The third kappa shape index (κ3) is 2.53. The van der Waals surface area contributed by atoms with Crippen molar-refractivity contribution in [3.05, 3.63) is 0 Å². The lowest BCUT2D eigenvalue weighted by atomic mass is 9.87. The average molecular weight is 389 g/mol. The molecular weight excluding hydrogens is 356 g/mol. The molecule has 0 aromatic heterocycles. The zero-order valence-electron chi connectivity index (χ0n) is 16.8. The van der Waals surface area contributed by atoms with Crippen molar-refractivity contribution in [3.63, 3.8) is 0 Å². The Morgan fingerprint density at radius 1 is 1.00 bits per heavy atom. The predicted octanol–water partition coefficient (Wildman–Crippen LogP) is 1.68. The maximum absolute atomic E-state index is 13.4. The number of amides is 2. The summed E-state index contributed by atoms with van der Waals surface area (Å²) in [5.74, 6) is 3.98. The first-order valence-electron chi connectivity index (χ1n) is 11.4. The van der Waals surface area contributed by atoms with Gasteiger partial charge in [0.1, 0.15) is 0 Å². The molecule has 3 saturated carbocycles. The zero-order chi connectivity index (χ0) is 19.0. The van der Waals surface area contributed by atoms with Gasteiger partial charge in [-0.2, -0.15) is 0 Å². The van der Waals surface area contributed by atoms with Gasteiger partial charge in [-0.3, -0.25) is 9.59 Å². The second kappa shape index (κ2) is 6.18. The Morgan fingerprint density at radius 2 is 1.89 bits per heavy atom. The van der Waals surface area contributed by atoms with Gasteiger partial charge in [0.05, 0.1) is 19.3 Å². The van der Waals surface area contributed by atoms with Gasteiger partial charge in [0.25, 0.3) is 5.91 Å². The highest BCUT2D eigenvalue weighted by atomic mass is 16.6. The maximum atomic E-state index is 13.4. The van der Waals surface area contributed by atoms with Crippen LogP contribution in [0.3, 0.4) is 0 Å². The molecular formula is C22H32N2O4. The van der Waals surface area contributed by atoms with Crippen molar-refractivity contribution >= 4 is 11.8 Å². The number of fused-ring (bicyclic) bond motifs is 7. The summed E-state index contributed by atoms with van der Waals surface area (Å²) in [5.41, 5.74) is -0.767. The van der Waals surface area contributed by atoms with Crippen molar-refractivity contribution in [2.24, 2.45) is 29.6 Å². The Kier molecular flexibility index (Phi) is 3.90. The average Bonchev–Trinajstić information content (AvgIpc) is 3.25. The molecule has 0 spiro atoms. The molecule has 8 unspecified atom stereocenters. The highest BCUT2D eigenvalue weighted by molar-refractivity contribution is 5.86. The fraction of sp³-hybridized carbons (Fsp3) is 0.909. The molecule has 6 heteroatoms. The summed E-state index contributed by atoms with van der Waals surface area (Å²) < 4.78 is 11.7. The van der Waals surface area contributed by atoms with E-state index in [-0.39, 0.29) is 24.0 Å². The summed E-state index contributed by atoms with van der Waals surface area (Å²) in [7, 11) is 0. The van der Waals surface area contributed by atoms with E-state index in [9.17, 15) is 9.59 Å². The van der Waals surface area contributed by atoms with E-state index >= 15 is 0 Å². The Labute approximate surface area is 166 Å². The number of hydrogen-bond acceptors (Lipinski definition) is 4. The molecule has 6 aliphatic rings. The molecule has 6 rings (SSSR count). The number of hydrogen-bond donors (Lipinski definition) is 0. The second-order valence-electron chi connectivity index (χ2n) is 10.3. The van der Waals surface area contributed by atoms with Gasteiger partial charge >= 0.3 is 0 Å². The van der Waals surface area contributed by atoms with Crippen molar-refractivity contribution in [2.75, 3.05) is 32.8 Å². The fourth-order valence-corrected chi connectivity index (χ4v) is 7.20. The van der Waals surface area contributed by atoms with E-state index in [2.05, 4.69) is 11.8 Å². The molecule has 0 aromatic carbocycles. The number of nitrogens with zero attached hydrogens (tertiary/aromatic N) is 2. The van der Waals surface area contributed by atoms with Crippen LogP contribution in [0.5, 0.6) is 0 Å². The van der Waals surface area contributed by atoms with Crippen LogP contribution in [0.2, 0.25) is 0 Å². The van der Waals surface area contributed by atoms with Crippen molar-refractivity contribution in [1.82, 2.24) is 9.80 Å². The lowest BCUT2D eigenvalue weighted by Crippen LogP contribution is -2.54. The first-order valence-corrected chi connectivity index (χ1v) is 11.4. The van der Waals surface area contributed by atoms with Gasteiger partial charge in [-0.05, 0) is 62.7 Å². The molecule has 6 fully saturated rings. The van der Waals surface area contributed by atoms with Gasteiger partial charge in [0.2, 0.25) is 5.91 Å². The minimum absolute atomic E-state index is 0.0805. The third-order valence-electron chi connectivity index (χ3n) is 8.86. The van der Waals surface area contributed by atoms with Gasteiger partial charge in [0.15, 0.2) is 5.60 Å². The van der Waals surface area contributed by atoms with E-state index in [1.807, 2.05) is 4.90 Å². The Hall–Kier alpha value is -1.14. The van der Waals surface area contributed by atoms with E-state index in [1.165, 1.54) is 12.8 Å². The number of ether oxygens (including phenoxy) is 2. The molecule has 3 aliphatic heterocycles. The number of rotatable bonds is 2. The minimum Gasteiger partial charge on any atom is -0.374 e. The first kappa shape index (κ1) is 17.7. The summed E-state index contributed by atoms with van der Waals surface area (Å²) in [4.78, 5) is 30.7. The van der Waals surface area contributed by atoms with Crippen molar-refractivity contribution < 1.29 is 19.1 Å². The molecule has 0 radical (unpaired) electrons. The van der Waals surface area contributed by atoms with Crippen LogP contribution in [0, 0.1) is 29.6 Å². The van der Waals surface area contributed by atoms with Crippen LogP contribution >= 0.6 is 0 Å². The molecule has 3 aliphatic carbocycles. The molecule has 0 N–H and O–H groups in total. The molecule has 28 heavy (non-hydrogen) atoms. The molecule has 154 valence electrons. The Bertz CT molecular complexity index is 694. The molecule has 3 heterocycles. The first-order chi connectivity index (χ1) is 13.6. The summed E-state index contributed by atoms with van der Waals surface area (Å²) >= 11 is 0. The highest BCUT2D eigenvalue weighted by Crippen LogP contribution is 2.67. The summed E-state index contributed by atoms with van der Waals surface area (Å²) in [6.45, 7) is 5.15. The summed E-state index contributed by atoms with van der Waals surface area (Å²) in [6.07, 6.45) is 6.39. The topological polar surface area (TPSA) is 59.1 Å². The number of carbonyl (C=O) groups is 2. The molecule has 3 saturated heterocycles. The van der Waals surface area contributed by atoms with E-state index in [4.69, 9.17) is 9.47 Å². The van der Waals surface area contributed by atoms with E-state index in [1.54, 1.807) is 0 Å². The van der Waals surface area contributed by atoms with Crippen LogP contribution in [0.4, 0.5) is 0 Å². The fourth-order valence-electron chi connectivity index (χ4n) is 7.20. The molecule has 6 nitrogen and oxygen atoms in total. The molecule has 8 atom stereocenters. The minimum atomic E-state index is -0.767. The van der Waals surface area contributed by atoms with Gasteiger partial charge in [-0.1, -0.05) is 0 Å². The van der Waals surface area contributed by atoms with E-state index in [0.29, 0.717) is 51.1 Å². The third-order valence-corrected chi connectivity index (χ3v) is 8.86. The van der Waals surface area contributed by atoms with Gasteiger partial charge in [-0.25, -0.2) is 0 Å². The second-order valence-corrected chi connectivity index (χ2v) is 10.3. The molecule has 4 bridgehead atoms. The normalized spacial score (nSPS) is 49.1. The summed E-state index contributed by atoms with van der Waals surface area (Å²) in [5, 5.41) is 0. The van der Waals surface area contributed by atoms with Gasteiger partial charge in [-0.15, -0.1) is 0 Å². The van der Waals surface area contributed by atoms with Crippen molar-refractivity contribution in [3.8, 4) is 0 Å². The highest BCUT2D eigenvalue weighted by Gasteiger charge is 2.62. The largest absolute Gasteiger partial charge is 0.374 e. The lowest BCUT2D eigenvalue weighted by molar-refractivity contribution is -0.159. The lowest BCUT2D eigenvalue weighted by Gasteiger charge is -2.35. The van der Waals surface area contributed by atoms with Gasteiger partial charge in [0, 0.05) is 38.0 Å². The molecule has 0 aromatic rings. The van der Waals surface area contributed by atoms with Crippen LogP contribution in [0.25, 0.3) is 0 Å². The Morgan fingerprint density at radius 3 is 2.71 bits per heavy atom. The van der Waals surface area contributed by atoms with Crippen LogP contribution < -0.4 is 0 Å². The van der Waals surface area contributed by atoms with Gasteiger partial charge < -0.3 is 19.3 Å². The summed E-state index contributed by atoms with van der Waals surface area (Å²) in [6, 6.07) is 0.205. The van der Waals surface area contributed by atoms with Crippen LogP contribution in [0.15, 0.2) is 0 Å². The van der Waals surface area contributed by atoms with Crippen LogP contribution in [-0.2, 0) is 19.1 Å². The van der Waals surface area contributed by atoms with Crippen LogP contribution in [-0.4, -0.2) is 72.2 Å². The molecule has 2 amide bonds. The maximum Gasteiger partial charge on any atom is 0.257 e. The van der Waals surface area contributed by atoms with Crippen LogP contribution in [0.1, 0.15) is 45.4 Å². The standard InChI is InChI=1S/C22H32N2O4/c1-13-2-4-23(21(26)22-11-15(27-12-22)3-7-28-22)5-6-24(13)20(25)19-9-14-8-17(19)18-10-16(14)18/h13-19H,2-12H2,1H3. The van der Waals surface area contributed by atoms with Crippen molar-refractivity contribution in [1.29, 1.82) is 0 Å². The quantitative estimate of drug-likeness (QED) is 0.722. The number of carbonyl (C=O) groups excluding carboxylic acids is 2. The zero-order valence-corrected chi connectivity index (χ0v) is 16.8. The smallest absolute Gasteiger partial charge is 0.257 e. The van der Waals surface area contributed by atoms with Crippen molar-refractivity contribution in [2.45, 2.75) is 63.2 Å². The van der Waals surface area contributed by atoms with E-state index < -0.39 is 5.60 Å². The van der Waals surface area contributed by atoms with E-state index in [0.717, 1.165) is 37.0 Å². The SMILES string of the molecule is CC1CCN(C(=O)C23COC(CCO2)C3)CCN1C(=O)C1CC2CC1C1CC21. The predicted molar refractivity (Wildman–Crippen MR) is 101 cm³/mol. The Balaban J connectivity index is 1.14. The monoisotopic (exact) mass is 388 g/mol.